The molecule has 0 spiro atoms. The highest BCUT2D eigenvalue weighted by Gasteiger charge is 2.03. The highest BCUT2D eigenvalue weighted by Crippen LogP contribution is 2.17. The van der Waals surface area contributed by atoms with E-state index in [9.17, 15) is 0 Å². The zero-order valence-corrected chi connectivity index (χ0v) is 7.20. The SMILES string of the molecule is CC(C)c1cc2ncncc2[nH]1. The molecule has 0 saturated carbocycles. The van der Waals surface area contributed by atoms with Gasteiger partial charge in [-0.15, -0.1) is 0 Å². The second kappa shape index (κ2) is 2.59. The van der Waals surface area contributed by atoms with Crippen LogP contribution in [0.1, 0.15) is 25.5 Å². The molecule has 0 amide bonds. The predicted octanol–water partition coefficient (Wildman–Crippen LogP) is 2.08. The lowest BCUT2D eigenvalue weighted by molar-refractivity contribution is 0.836. The summed E-state index contributed by atoms with van der Waals surface area (Å²) in [6.45, 7) is 4.30. The number of H-pyrrole nitrogens is 1. The highest BCUT2D eigenvalue weighted by molar-refractivity contribution is 5.74. The maximum Gasteiger partial charge on any atom is 0.116 e. The molecule has 0 aliphatic carbocycles. The zero-order valence-electron chi connectivity index (χ0n) is 7.20. The number of nitrogens with one attached hydrogen (secondary N) is 1. The van der Waals surface area contributed by atoms with Crippen molar-refractivity contribution >= 4 is 11.0 Å². The van der Waals surface area contributed by atoms with Gasteiger partial charge in [-0.3, -0.25) is 0 Å². The van der Waals surface area contributed by atoms with Gasteiger partial charge >= 0.3 is 0 Å². The van der Waals surface area contributed by atoms with Crippen molar-refractivity contribution in [2.75, 3.05) is 0 Å². The van der Waals surface area contributed by atoms with Gasteiger partial charge in [-0.05, 0) is 12.0 Å². The van der Waals surface area contributed by atoms with Crippen LogP contribution in [0.2, 0.25) is 0 Å². The van der Waals surface area contributed by atoms with Gasteiger partial charge in [0.1, 0.15) is 6.33 Å². The molecular formula is C9H11N3. The van der Waals surface area contributed by atoms with Crippen molar-refractivity contribution in [2.24, 2.45) is 0 Å². The molecule has 2 aromatic heterocycles. The van der Waals surface area contributed by atoms with E-state index in [4.69, 9.17) is 0 Å². The normalized spacial score (nSPS) is 11.2. The van der Waals surface area contributed by atoms with E-state index in [2.05, 4.69) is 34.9 Å². The van der Waals surface area contributed by atoms with Gasteiger partial charge in [0.05, 0.1) is 17.2 Å². The quantitative estimate of drug-likeness (QED) is 0.695. The van der Waals surface area contributed by atoms with E-state index < -0.39 is 0 Å². The molecule has 0 atom stereocenters. The van der Waals surface area contributed by atoms with Crippen LogP contribution in [0.5, 0.6) is 0 Å². The standard InChI is InChI=1S/C9H11N3/c1-6(2)7-3-8-9(12-7)4-10-5-11-8/h3-6,12H,1-2H3. The third-order valence-electron chi connectivity index (χ3n) is 1.94. The first-order valence-electron chi connectivity index (χ1n) is 4.06. The minimum atomic E-state index is 0.513. The van der Waals surface area contributed by atoms with Gasteiger partial charge in [0.15, 0.2) is 0 Å². The van der Waals surface area contributed by atoms with E-state index in [-0.39, 0.29) is 0 Å². The molecule has 3 heteroatoms. The lowest BCUT2D eigenvalue weighted by atomic mass is 10.1. The highest BCUT2D eigenvalue weighted by atomic mass is 14.9. The Bertz CT molecular complexity index is 356. The molecule has 62 valence electrons. The Balaban J connectivity index is 2.62. The topological polar surface area (TPSA) is 41.6 Å². The van der Waals surface area contributed by atoms with Crippen LogP contribution in [-0.2, 0) is 0 Å². The Morgan fingerprint density at radius 3 is 2.92 bits per heavy atom. The molecule has 0 unspecified atom stereocenters. The van der Waals surface area contributed by atoms with Crippen molar-refractivity contribution in [3.63, 3.8) is 0 Å². The summed E-state index contributed by atoms with van der Waals surface area (Å²) in [5.41, 5.74) is 3.22. The summed E-state index contributed by atoms with van der Waals surface area (Å²) in [6.07, 6.45) is 3.37. The minimum absolute atomic E-state index is 0.513. The van der Waals surface area contributed by atoms with E-state index in [0.717, 1.165) is 11.0 Å². The van der Waals surface area contributed by atoms with Gasteiger partial charge in [-0.25, -0.2) is 9.97 Å². The van der Waals surface area contributed by atoms with Crippen molar-refractivity contribution < 1.29 is 0 Å². The Hall–Kier alpha value is -1.38. The lowest BCUT2D eigenvalue weighted by Crippen LogP contribution is -1.84. The lowest BCUT2D eigenvalue weighted by Gasteiger charge is -1.97. The van der Waals surface area contributed by atoms with Gasteiger partial charge in [0.2, 0.25) is 0 Å². The van der Waals surface area contributed by atoms with Crippen LogP contribution < -0.4 is 0 Å². The summed E-state index contributed by atoms with van der Waals surface area (Å²) in [6, 6.07) is 2.07. The molecule has 2 heterocycles. The van der Waals surface area contributed by atoms with E-state index in [1.165, 1.54) is 5.69 Å². The van der Waals surface area contributed by atoms with E-state index in [1.807, 2.05) is 0 Å². The maximum atomic E-state index is 4.14. The van der Waals surface area contributed by atoms with Crippen LogP contribution >= 0.6 is 0 Å². The summed E-state index contributed by atoms with van der Waals surface area (Å²) in [5.74, 6) is 0.513. The number of aromatic nitrogens is 3. The van der Waals surface area contributed by atoms with E-state index in [0.29, 0.717) is 5.92 Å². The summed E-state index contributed by atoms with van der Waals surface area (Å²) in [5, 5.41) is 0. The molecule has 0 aliphatic heterocycles. The van der Waals surface area contributed by atoms with Crippen molar-refractivity contribution in [1.82, 2.24) is 15.0 Å². The van der Waals surface area contributed by atoms with Crippen molar-refractivity contribution in [3.05, 3.63) is 24.3 Å². The van der Waals surface area contributed by atoms with Crippen molar-refractivity contribution in [1.29, 1.82) is 0 Å². The van der Waals surface area contributed by atoms with Gasteiger partial charge in [0, 0.05) is 5.69 Å². The second-order valence-corrected chi connectivity index (χ2v) is 3.20. The van der Waals surface area contributed by atoms with Crippen LogP contribution in [0, 0.1) is 0 Å². The fraction of sp³-hybridized carbons (Fsp3) is 0.333. The Kier molecular flexibility index (Phi) is 1.57. The van der Waals surface area contributed by atoms with Crippen LogP contribution in [0.3, 0.4) is 0 Å². The third-order valence-corrected chi connectivity index (χ3v) is 1.94. The molecule has 2 aromatic rings. The van der Waals surface area contributed by atoms with Crippen molar-refractivity contribution in [3.8, 4) is 0 Å². The number of fused-ring (bicyclic) bond motifs is 1. The fourth-order valence-corrected chi connectivity index (χ4v) is 1.20. The molecule has 1 N–H and O–H groups in total. The molecule has 0 aliphatic rings. The average molecular weight is 161 g/mol. The molecule has 0 radical (unpaired) electrons. The van der Waals surface area contributed by atoms with Gasteiger partial charge in [0.25, 0.3) is 0 Å². The minimum Gasteiger partial charge on any atom is -0.356 e. The van der Waals surface area contributed by atoms with Crippen molar-refractivity contribution in [2.45, 2.75) is 19.8 Å². The maximum absolute atomic E-state index is 4.14. The van der Waals surface area contributed by atoms with Gasteiger partial charge in [-0.1, -0.05) is 13.8 Å². The van der Waals surface area contributed by atoms with Crippen LogP contribution in [0.15, 0.2) is 18.6 Å². The number of hydrogen-bond donors (Lipinski definition) is 1. The molecule has 0 saturated heterocycles. The summed E-state index contributed by atoms with van der Waals surface area (Å²) >= 11 is 0. The molecule has 0 bridgehead atoms. The van der Waals surface area contributed by atoms with Gasteiger partial charge in [-0.2, -0.15) is 0 Å². The molecule has 3 nitrogen and oxygen atoms in total. The fourth-order valence-electron chi connectivity index (χ4n) is 1.20. The first-order chi connectivity index (χ1) is 5.77. The number of nitrogens with zero attached hydrogens (tertiary/aromatic N) is 2. The predicted molar refractivity (Wildman–Crippen MR) is 48.0 cm³/mol. The first-order valence-corrected chi connectivity index (χ1v) is 4.06. The average Bonchev–Trinajstić information content (AvgIpc) is 2.46. The van der Waals surface area contributed by atoms with E-state index >= 15 is 0 Å². The Morgan fingerprint density at radius 2 is 2.25 bits per heavy atom. The number of rotatable bonds is 1. The Labute approximate surface area is 70.9 Å². The number of hydrogen-bond acceptors (Lipinski definition) is 2. The zero-order chi connectivity index (χ0) is 8.55. The smallest absolute Gasteiger partial charge is 0.116 e. The third kappa shape index (κ3) is 1.07. The summed E-state index contributed by atoms with van der Waals surface area (Å²) < 4.78 is 0. The number of aromatic amines is 1. The van der Waals surface area contributed by atoms with Crippen LogP contribution in [-0.4, -0.2) is 15.0 Å². The molecule has 0 fully saturated rings. The molecule has 2 rings (SSSR count). The Morgan fingerprint density at radius 1 is 1.42 bits per heavy atom. The van der Waals surface area contributed by atoms with Crippen LogP contribution in [0.25, 0.3) is 11.0 Å². The monoisotopic (exact) mass is 161 g/mol. The van der Waals surface area contributed by atoms with E-state index in [1.54, 1.807) is 12.5 Å². The largest absolute Gasteiger partial charge is 0.356 e. The summed E-state index contributed by atoms with van der Waals surface area (Å²) in [7, 11) is 0. The summed E-state index contributed by atoms with van der Waals surface area (Å²) in [4.78, 5) is 11.4. The van der Waals surface area contributed by atoms with Crippen LogP contribution in [0.4, 0.5) is 0 Å². The first kappa shape index (κ1) is 7.28. The molecule has 0 aromatic carbocycles. The second-order valence-electron chi connectivity index (χ2n) is 3.20. The molecular weight excluding hydrogens is 150 g/mol. The molecule has 12 heavy (non-hydrogen) atoms. The van der Waals surface area contributed by atoms with Gasteiger partial charge < -0.3 is 4.98 Å².